The van der Waals surface area contributed by atoms with Crippen molar-refractivity contribution in [2.45, 2.75) is 78.6 Å². The first-order chi connectivity index (χ1) is 8.16. The standard InChI is InChI=1S/C17H32/c1-13-5-4-6-16(10-7-13)15(3)17-11-8-14(2)9-12-17/h13-17H,4-12H2,1-3H3. The largest absolute Gasteiger partial charge is 0.0625 e. The Morgan fingerprint density at radius 1 is 0.647 bits per heavy atom. The van der Waals surface area contributed by atoms with Crippen molar-refractivity contribution in [2.75, 3.05) is 0 Å². The summed E-state index contributed by atoms with van der Waals surface area (Å²) in [4.78, 5) is 0. The highest BCUT2D eigenvalue weighted by molar-refractivity contribution is 4.80. The van der Waals surface area contributed by atoms with Gasteiger partial charge in [0.2, 0.25) is 0 Å². The molecule has 0 aliphatic heterocycles. The van der Waals surface area contributed by atoms with E-state index in [2.05, 4.69) is 20.8 Å². The minimum absolute atomic E-state index is 0.999. The van der Waals surface area contributed by atoms with Crippen LogP contribution in [-0.4, -0.2) is 0 Å². The summed E-state index contributed by atoms with van der Waals surface area (Å²) in [6, 6.07) is 0. The molecule has 2 fully saturated rings. The molecule has 3 atom stereocenters. The summed E-state index contributed by atoms with van der Waals surface area (Å²) in [5.41, 5.74) is 0. The molecule has 100 valence electrons. The molecule has 0 radical (unpaired) electrons. The van der Waals surface area contributed by atoms with Crippen molar-refractivity contribution in [3.8, 4) is 0 Å². The molecule has 0 heteroatoms. The summed E-state index contributed by atoms with van der Waals surface area (Å²) in [6.45, 7) is 7.46. The second-order valence-corrected chi connectivity index (χ2v) is 7.25. The lowest BCUT2D eigenvalue weighted by Crippen LogP contribution is -2.24. The average molecular weight is 236 g/mol. The quantitative estimate of drug-likeness (QED) is 0.542. The lowest BCUT2D eigenvalue weighted by molar-refractivity contribution is 0.159. The summed E-state index contributed by atoms with van der Waals surface area (Å²) in [5.74, 6) is 5.13. The molecule has 0 spiro atoms. The van der Waals surface area contributed by atoms with Crippen molar-refractivity contribution >= 4 is 0 Å². The molecule has 0 heterocycles. The van der Waals surface area contributed by atoms with Gasteiger partial charge < -0.3 is 0 Å². The third-order valence-electron chi connectivity index (χ3n) is 5.85. The second kappa shape index (κ2) is 6.25. The van der Waals surface area contributed by atoms with Crippen LogP contribution in [0.25, 0.3) is 0 Å². The van der Waals surface area contributed by atoms with Gasteiger partial charge in [0.15, 0.2) is 0 Å². The number of hydrogen-bond donors (Lipinski definition) is 0. The fourth-order valence-electron chi connectivity index (χ4n) is 4.24. The van der Waals surface area contributed by atoms with Crippen molar-refractivity contribution in [2.24, 2.45) is 29.6 Å². The lowest BCUT2D eigenvalue weighted by Gasteiger charge is -2.35. The van der Waals surface area contributed by atoms with E-state index in [0.29, 0.717) is 0 Å². The van der Waals surface area contributed by atoms with E-state index in [1.807, 2.05) is 0 Å². The van der Waals surface area contributed by atoms with E-state index in [0.717, 1.165) is 29.6 Å². The van der Waals surface area contributed by atoms with Gasteiger partial charge in [-0.25, -0.2) is 0 Å². The Bertz CT molecular complexity index is 212. The fraction of sp³-hybridized carbons (Fsp3) is 1.00. The molecule has 2 aliphatic carbocycles. The molecule has 0 amide bonds. The van der Waals surface area contributed by atoms with Crippen LogP contribution in [0, 0.1) is 29.6 Å². The normalized spacial score (nSPS) is 41.8. The summed E-state index contributed by atoms with van der Waals surface area (Å²) in [7, 11) is 0. The molecule has 0 saturated heterocycles. The number of rotatable bonds is 2. The van der Waals surface area contributed by atoms with Gasteiger partial charge in [0, 0.05) is 0 Å². The van der Waals surface area contributed by atoms with Gasteiger partial charge in [0.1, 0.15) is 0 Å². The van der Waals surface area contributed by atoms with Crippen LogP contribution in [0.2, 0.25) is 0 Å². The van der Waals surface area contributed by atoms with Crippen LogP contribution in [0.5, 0.6) is 0 Å². The van der Waals surface area contributed by atoms with Gasteiger partial charge in [0.25, 0.3) is 0 Å². The van der Waals surface area contributed by atoms with E-state index in [1.165, 1.54) is 57.8 Å². The first-order valence-electron chi connectivity index (χ1n) is 8.16. The molecule has 0 aromatic heterocycles. The lowest BCUT2D eigenvalue weighted by atomic mass is 9.71. The van der Waals surface area contributed by atoms with Gasteiger partial charge in [-0.2, -0.15) is 0 Å². The van der Waals surface area contributed by atoms with Gasteiger partial charge in [0.05, 0.1) is 0 Å². The maximum atomic E-state index is 2.57. The van der Waals surface area contributed by atoms with Crippen LogP contribution in [0.4, 0.5) is 0 Å². The summed E-state index contributed by atoms with van der Waals surface area (Å²) >= 11 is 0. The third-order valence-corrected chi connectivity index (χ3v) is 5.85. The SMILES string of the molecule is CC1CCCC(C(C)C2CCC(C)CC2)CC1. The monoisotopic (exact) mass is 236 g/mol. The Kier molecular flexibility index (Phi) is 4.94. The maximum Gasteiger partial charge on any atom is -0.0386 e. The van der Waals surface area contributed by atoms with Crippen LogP contribution < -0.4 is 0 Å². The molecule has 0 nitrogen and oxygen atoms in total. The second-order valence-electron chi connectivity index (χ2n) is 7.25. The smallest absolute Gasteiger partial charge is 0.0386 e. The van der Waals surface area contributed by atoms with Crippen LogP contribution in [0.3, 0.4) is 0 Å². The van der Waals surface area contributed by atoms with Crippen molar-refractivity contribution in [3.05, 3.63) is 0 Å². The van der Waals surface area contributed by atoms with Gasteiger partial charge in [-0.3, -0.25) is 0 Å². The van der Waals surface area contributed by atoms with E-state index in [4.69, 9.17) is 0 Å². The zero-order valence-electron chi connectivity index (χ0n) is 12.3. The van der Waals surface area contributed by atoms with E-state index < -0.39 is 0 Å². The van der Waals surface area contributed by atoms with Crippen LogP contribution >= 0.6 is 0 Å². The van der Waals surface area contributed by atoms with Crippen LogP contribution in [0.1, 0.15) is 78.6 Å². The van der Waals surface area contributed by atoms with Gasteiger partial charge in [-0.15, -0.1) is 0 Å². The first kappa shape index (κ1) is 13.4. The minimum atomic E-state index is 0.999. The Hall–Kier alpha value is 0. The predicted molar refractivity (Wildman–Crippen MR) is 76.0 cm³/mol. The summed E-state index contributed by atoms with van der Waals surface area (Å²) in [6.07, 6.45) is 13.6. The van der Waals surface area contributed by atoms with E-state index in [1.54, 1.807) is 0 Å². The van der Waals surface area contributed by atoms with Gasteiger partial charge >= 0.3 is 0 Å². The molecule has 2 saturated carbocycles. The van der Waals surface area contributed by atoms with Crippen molar-refractivity contribution in [3.63, 3.8) is 0 Å². The highest BCUT2D eigenvalue weighted by Crippen LogP contribution is 2.40. The Morgan fingerprint density at radius 2 is 1.12 bits per heavy atom. The molecule has 2 aliphatic rings. The highest BCUT2D eigenvalue weighted by atomic mass is 14.3. The van der Waals surface area contributed by atoms with Gasteiger partial charge in [-0.05, 0) is 48.9 Å². The minimum Gasteiger partial charge on any atom is -0.0625 e. The molecule has 0 bridgehead atoms. The summed E-state index contributed by atoms with van der Waals surface area (Å²) in [5, 5.41) is 0. The molecule has 0 aromatic rings. The zero-order valence-corrected chi connectivity index (χ0v) is 12.3. The molecule has 0 N–H and O–H groups in total. The Balaban J connectivity index is 1.83. The fourth-order valence-corrected chi connectivity index (χ4v) is 4.24. The highest BCUT2D eigenvalue weighted by Gasteiger charge is 2.29. The van der Waals surface area contributed by atoms with E-state index in [-0.39, 0.29) is 0 Å². The molecule has 0 aromatic carbocycles. The first-order valence-corrected chi connectivity index (χ1v) is 8.16. The predicted octanol–water partition coefficient (Wildman–Crippen LogP) is 5.67. The van der Waals surface area contributed by atoms with E-state index >= 15 is 0 Å². The molecular weight excluding hydrogens is 204 g/mol. The third kappa shape index (κ3) is 3.73. The topological polar surface area (TPSA) is 0 Å². The molecule has 17 heavy (non-hydrogen) atoms. The molecule has 3 unspecified atom stereocenters. The molecular formula is C17H32. The van der Waals surface area contributed by atoms with Gasteiger partial charge in [-0.1, -0.05) is 59.3 Å². The molecule has 2 rings (SSSR count). The van der Waals surface area contributed by atoms with Crippen molar-refractivity contribution in [1.82, 2.24) is 0 Å². The van der Waals surface area contributed by atoms with Crippen molar-refractivity contribution < 1.29 is 0 Å². The Labute approximate surface area is 109 Å². The summed E-state index contributed by atoms with van der Waals surface area (Å²) < 4.78 is 0. The maximum absolute atomic E-state index is 2.57. The Morgan fingerprint density at radius 3 is 1.71 bits per heavy atom. The number of hydrogen-bond acceptors (Lipinski definition) is 0. The zero-order chi connectivity index (χ0) is 12.3. The van der Waals surface area contributed by atoms with Crippen LogP contribution in [-0.2, 0) is 0 Å². The average Bonchev–Trinajstić information content (AvgIpc) is 2.54. The van der Waals surface area contributed by atoms with E-state index in [9.17, 15) is 0 Å². The van der Waals surface area contributed by atoms with Crippen molar-refractivity contribution in [1.29, 1.82) is 0 Å². The van der Waals surface area contributed by atoms with Crippen LogP contribution in [0.15, 0.2) is 0 Å².